The van der Waals surface area contributed by atoms with Crippen molar-refractivity contribution in [3.63, 3.8) is 0 Å². The highest BCUT2D eigenvalue weighted by Gasteiger charge is 2.33. The number of aromatic nitrogens is 3. The number of hydrogen-bond acceptors (Lipinski definition) is 6. The van der Waals surface area contributed by atoms with Crippen LogP contribution in [-0.4, -0.2) is 76.2 Å². The van der Waals surface area contributed by atoms with Gasteiger partial charge in [0.1, 0.15) is 17.4 Å². The molecule has 7 nitrogen and oxygen atoms in total. The molecule has 2 aliphatic rings. The van der Waals surface area contributed by atoms with Crippen molar-refractivity contribution in [2.75, 3.05) is 32.7 Å². The summed E-state index contributed by atoms with van der Waals surface area (Å²) in [7, 11) is 0. The van der Waals surface area contributed by atoms with Crippen LogP contribution in [0.4, 0.5) is 8.78 Å². The van der Waals surface area contributed by atoms with Crippen LogP contribution in [0, 0.1) is 0 Å². The lowest BCUT2D eigenvalue weighted by Crippen LogP contribution is -2.38. The van der Waals surface area contributed by atoms with Gasteiger partial charge >= 0.3 is 0 Å². The van der Waals surface area contributed by atoms with Crippen LogP contribution in [0.1, 0.15) is 43.9 Å². The molecule has 210 valence electrons. The quantitative estimate of drug-likeness (QED) is 0.272. The number of alkyl halides is 2. The van der Waals surface area contributed by atoms with E-state index in [-0.39, 0.29) is 18.9 Å². The number of likely N-dealkylation sites (tertiary alicyclic amines) is 2. The van der Waals surface area contributed by atoms with Crippen molar-refractivity contribution >= 4 is 28.7 Å². The van der Waals surface area contributed by atoms with Gasteiger partial charge in [-0.1, -0.05) is 31.2 Å². The highest BCUT2D eigenvalue weighted by molar-refractivity contribution is 6.10. The maximum absolute atomic E-state index is 13.5. The molecule has 9 heteroatoms. The molecule has 5 heterocycles. The molecule has 0 spiro atoms. The third-order valence-corrected chi connectivity index (χ3v) is 8.33. The third kappa shape index (κ3) is 5.58. The average Bonchev–Trinajstić information content (AvgIpc) is 3.34. The number of piperidine rings is 2. The summed E-state index contributed by atoms with van der Waals surface area (Å²) < 4.78 is 33.7. The summed E-state index contributed by atoms with van der Waals surface area (Å²) in [5.74, 6) is -1.75. The van der Waals surface area contributed by atoms with Crippen LogP contribution in [-0.2, 0) is 13.1 Å². The minimum atomic E-state index is -2.52. The second kappa shape index (κ2) is 11.2. The standard InChI is InChI=1S/C31H36F2N6O/c1-3-38-12-8-24(9-13-38)40-29-27(18-34-2)35-19-26-28(29)25-16-23(17-36-30(25)37-26)22-6-4-21(5-7-22)20-39-14-10-31(32,33)11-15-39/h4-7,16-17,19,24H,2-3,8-15,18,20H2,1H3,(H,36,37). The summed E-state index contributed by atoms with van der Waals surface area (Å²) in [4.78, 5) is 21.5. The molecule has 0 amide bonds. The molecule has 3 aromatic heterocycles. The van der Waals surface area contributed by atoms with Crippen molar-refractivity contribution in [3.8, 4) is 16.9 Å². The number of fused-ring (bicyclic) bond motifs is 3. The number of aliphatic imine (C=N–C) groups is 1. The summed E-state index contributed by atoms with van der Waals surface area (Å²) in [5.41, 5.74) is 5.62. The van der Waals surface area contributed by atoms with Crippen LogP contribution in [0.2, 0.25) is 0 Å². The van der Waals surface area contributed by atoms with Gasteiger partial charge in [-0.3, -0.25) is 14.9 Å². The molecule has 0 unspecified atom stereocenters. The second-order valence-electron chi connectivity index (χ2n) is 11.0. The molecule has 2 fully saturated rings. The van der Waals surface area contributed by atoms with Crippen LogP contribution >= 0.6 is 0 Å². The van der Waals surface area contributed by atoms with Crippen molar-refractivity contribution < 1.29 is 13.5 Å². The maximum Gasteiger partial charge on any atom is 0.250 e. The molecule has 0 bridgehead atoms. The zero-order valence-electron chi connectivity index (χ0n) is 23.0. The van der Waals surface area contributed by atoms with Gasteiger partial charge < -0.3 is 14.6 Å². The molecule has 2 aliphatic heterocycles. The fourth-order valence-electron chi connectivity index (χ4n) is 5.89. The molecule has 0 saturated carbocycles. The lowest BCUT2D eigenvalue weighted by Gasteiger charge is -2.31. The smallest absolute Gasteiger partial charge is 0.250 e. The number of aromatic amines is 1. The largest absolute Gasteiger partial charge is 0.488 e. The Balaban J connectivity index is 1.29. The number of hydrogen-bond donors (Lipinski definition) is 1. The van der Waals surface area contributed by atoms with Crippen molar-refractivity contribution in [1.82, 2.24) is 24.8 Å². The molecule has 0 atom stereocenters. The monoisotopic (exact) mass is 546 g/mol. The van der Waals surface area contributed by atoms with Crippen LogP contribution in [0.3, 0.4) is 0 Å². The number of H-pyrrole nitrogens is 1. The fraction of sp³-hybridized carbons (Fsp3) is 0.452. The first-order valence-corrected chi connectivity index (χ1v) is 14.2. The number of nitrogens with one attached hydrogen (secondary N) is 1. The number of benzene rings is 1. The zero-order valence-corrected chi connectivity index (χ0v) is 23.0. The normalized spacial score (nSPS) is 18.9. The van der Waals surface area contributed by atoms with Crippen molar-refractivity contribution in [1.29, 1.82) is 0 Å². The number of pyridine rings is 2. The van der Waals surface area contributed by atoms with Crippen LogP contribution in [0.25, 0.3) is 33.1 Å². The van der Waals surface area contributed by atoms with E-state index in [0.717, 1.165) is 82.5 Å². The first-order valence-electron chi connectivity index (χ1n) is 14.2. The van der Waals surface area contributed by atoms with Gasteiger partial charge in [0.25, 0.3) is 5.92 Å². The van der Waals surface area contributed by atoms with E-state index in [1.54, 1.807) is 0 Å². The van der Waals surface area contributed by atoms with Gasteiger partial charge in [0.15, 0.2) is 5.75 Å². The van der Waals surface area contributed by atoms with Gasteiger partial charge in [0.05, 0.1) is 23.6 Å². The van der Waals surface area contributed by atoms with E-state index in [4.69, 9.17) is 9.72 Å². The third-order valence-electron chi connectivity index (χ3n) is 8.33. The molecule has 40 heavy (non-hydrogen) atoms. The van der Waals surface area contributed by atoms with Crippen LogP contribution in [0.15, 0.2) is 47.7 Å². The summed E-state index contributed by atoms with van der Waals surface area (Å²) in [6.45, 7) is 10.9. The van der Waals surface area contributed by atoms with Crippen molar-refractivity contribution in [2.45, 2.75) is 57.7 Å². The fourth-order valence-corrected chi connectivity index (χ4v) is 5.89. The summed E-state index contributed by atoms with van der Waals surface area (Å²) in [6, 6.07) is 10.5. The van der Waals surface area contributed by atoms with Gasteiger partial charge in [-0.15, -0.1) is 0 Å². The van der Waals surface area contributed by atoms with E-state index in [1.807, 2.05) is 12.4 Å². The zero-order chi connectivity index (χ0) is 27.7. The summed E-state index contributed by atoms with van der Waals surface area (Å²) in [5, 5.41) is 1.97. The summed E-state index contributed by atoms with van der Waals surface area (Å²) >= 11 is 0. The number of halogens is 2. The molecule has 6 rings (SSSR count). The summed E-state index contributed by atoms with van der Waals surface area (Å²) in [6.07, 6.45) is 5.65. The van der Waals surface area contributed by atoms with E-state index >= 15 is 0 Å². The lowest BCUT2D eigenvalue weighted by molar-refractivity contribution is -0.0566. The van der Waals surface area contributed by atoms with Gasteiger partial charge in [-0.25, -0.2) is 13.8 Å². The van der Waals surface area contributed by atoms with E-state index in [0.29, 0.717) is 26.2 Å². The van der Waals surface area contributed by atoms with Crippen molar-refractivity contribution in [2.24, 2.45) is 4.99 Å². The van der Waals surface area contributed by atoms with Crippen LogP contribution < -0.4 is 4.74 Å². The van der Waals surface area contributed by atoms with Gasteiger partial charge in [0.2, 0.25) is 0 Å². The predicted octanol–water partition coefficient (Wildman–Crippen LogP) is 6.07. The first kappa shape index (κ1) is 26.8. The maximum atomic E-state index is 13.5. The van der Waals surface area contributed by atoms with E-state index in [9.17, 15) is 8.78 Å². The minimum Gasteiger partial charge on any atom is -0.488 e. The number of nitrogens with zero attached hydrogens (tertiary/aromatic N) is 5. The van der Waals surface area contributed by atoms with Gasteiger partial charge in [-0.2, -0.15) is 0 Å². The van der Waals surface area contributed by atoms with E-state index in [1.165, 1.54) is 0 Å². The highest BCUT2D eigenvalue weighted by Crippen LogP contribution is 2.38. The SMILES string of the molecule is C=NCc1ncc2[nH]c3ncc(-c4ccc(CN5CCC(F)(F)CC5)cc4)cc3c2c1OC1CCN(CC)CC1. The number of rotatable bonds is 8. The Bertz CT molecular complexity index is 1480. The predicted molar refractivity (Wildman–Crippen MR) is 155 cm³/mol. The molecular formula is C31H36F2N6O. The van der Waals surface area contributed by atoms with E-state index in [2.05, 4.69) is 68.7 Å². The Morgan fingerprint density at radius 2 is 1.77 bits per heavy atom. The number of ether oxygens (including phenoxy) is 1. The molecular weight excluding hydrogens is 510 g/mol. The molecule has 1 N–H and O–H groups in total. The lowest BCUT2D eigenvalue weighted by atomic mass is 10.0. The average molecular weight is 547 g/mol. The Morgan fingerprint density at radius 3 is 2.48 bits per heavy atom. The van der Waals surface area contributed by atoms with Crippen LogP contribution in [0.5, 0.6) is 5.75 Å². The Hall–Kier alpha value is -3.43. The Labute approximate surface area is 233 Å². The van der Waals surface area contributed by atoms with Crippen molar-refractivity contribution in [3.05, 3.63) is 54.0 Å². The molecule has 4 aromatic rings. The molecule has 2 saturated heterocycles. The minimum absolute atomic E-state index is 0.0644. The van der Waals surface area contributed by atoms with E-state index < -0.39 is 5.92 Å². The molecule has 1 aromatic carbocycles. The van der Waals surface area contributed by atoms with Gasteiger partial charge in [0, 0.05) is 62.7 Å². The molecule has 0 aliphatic carbocycles. The topological polar surface area (TPSA) is 69.6 Å². The highest BCUT2D eigenvalue weighted by atomic mass is 19.3. The molecule has 0 radical (unpaired) electrons. The second-order valence-corrected chi connectivity index (χ2v) is 11.0. The first-order chi connectivity index (χ1) is 19.4. The Morgan fingerprint density at radius 1 is 1.02 bits per heavy atom. The Kier molecular flexibility index (Phi) is 7.51. The van der Waals surface area contributed by atoms with Gasteiger partial charge in [-0.05, 0) is 43.3 Å².